The molecule has 31 heavy (non-hydrogen) atoms. The number of carbonyl (C=O) groups is 2. The number of aromatic carboxylic acids is 1. The number of nitrogens with one attached hydrogen (secondary N) is 2. The lowest BCUT2D eigenvalue weighted by Gasteiger charge is -2.13. The van der Waals surface area contributed by atoms with Crippen molar-refractivity contribution < 1.29 is 27.3 Å². The second kappa shape index (κ2) is 8.88. The maximum absolute atomic E-state index is 12.6. The van der Waals surface area contributed by atoms with Crippen LogP contribution in [0.3, 0.4) is 0 Å². The lowest BCUT2D eigenvalue weighted by Crippen LogP contribution is -2.20. The van der Waals surface area contributed by atoms with Crippen LogP contribution >= 0.6 is 0 Å². The van der Waals surface area contributed by atoms with E-state index < -0.39 is 27.9 Å². The van der Waals surface area contributed by atoms with Crippen molar-refractivity contribution in [1.29, 1.82) is 0 Å². The third-order valence-corrected chi connectivity index (χ3v) is 5.54. The van der Waals surface area contributed by atoms with Gasteiger partial charge in [0, 0.05) is 17.4 Å². The van der Waals surface area contributed by atoms with Gasteiger partial charge < -0.3 is 19.9 Å². The number of aryl methyl sites for hydroxylation is 2. The Balaban J connectivity index is 1.83. The number of hydrogen-bond acceptors (Lipinski definition) is 5. The summed E-state index contributed by atoms with van der Waals surface area (Å²) in [6, 6.07) is 16.1. The molecule has 2 amide bonds. The van der Waals surface area contributed by atoms with Crippen molar-refractivity contribution in [3.63, 3.8) is 0 Å². The predicted molar refractivity (Wildman–Crippen MR) is 116 cm³/mol. The Hall–Kier alpha value is -3.85. The van der Waals surface area contributed by atoms with Gasteiger partial charge in [0.25, 0.3) is 0 Å². The number of rotatable bonds is 6. The smallest absolute Gasteiger partial charge is 0.339 e. The Morgan fingerprint density at radius 3 is 1.90 bits per heavy atom. The van der Waals surface area contributed by atoms with E-state index in [1.807, 2.05) is 19.1 Å². The molecule has 0 radical (unpaired) electrons. The summed E-state index contributed by atoms with van der Waals surface area (Å²) in [5.41, 5.74) is 2.25. The zero-order valence-electron chi connectivity index (χ0n) is 16.7. The van der Waals surface area contributed by atoms with Crippen LogP contribution in [-0.4, -0.2) is 25.5 Å². The third-order valence-electron chi connectivity index (χ3n) is 4.29. The number of carbonyl (C=O) groups excluding carboxylic acids is 1. The second-order valence-corrected chi connectivity index (χ2v) is 8.36. The van der Waals surface area contributed by atoms with E-state index in [2.05, 4.69) is 10.6 Å². The minimum atomic E-state index is -4.28. The SMILES string of the molecule is Cc1ccc(NC(=O)Nc2ccc(C(=O)O)c(OS(=O)(=O)c3ccc(C)cc3)c2)cc1. The molecule has 0 spiro atoms. The summed E-state index contributed by atoms with van der Waals surface area (Å²) in [5, 5.41) is 14.5. The van der Waals surface area contributed by atoms with Gasteiger partial charge in [0.05, 0.1) is 0 Å². The minimum Gasteiger partial charge on any atom is -0.478 e. The van der Waals surface area contributed by atoms with Crippen molar-refractivity contribution in [2.24, 2.45) is 0 Å². The maximum Gasteiger partial charge on any atom is 0.339 e. The van der Waals surface area contributed by atoms with Crippen molar-refractivity contribution in [1.82, 2.24) is 0 Å². The Bertz CT molecular complexity index is 1220. The maximum atomic E-state index is 12.6. The van der Waals surface area contributed by atoms with E-state index in [1.165, 1.54) is 18.2 Å². The molecule has 160 valence electrons. The van der Waals surface area contributed by atoms with Gasteiger partial charge in [-0.2, -0.15) is 8.42 Å². The van der Waals surface area contributed by atoms with Gasteiger partial charge in [-0.05, 0) is 50.2 Å². The first kappa shape index (κ1) is 21.8. The standard InChI is InChI=1S/C22H20N2O6S/c1-14-3-7-16(8-4-14)23-22(27)24-17-9-12-19(21(25)26)20(13-17)30-31(28,29)18-10-5-15(2)6-11-18/h3-13H,1-2H3,(H,25,26)(H2,23,24,27). The summed E-state index contributed by atoms with van der Waals surface area (Å²) < 4.78 is 30.2. The van der Waals surface area contributed by atoms with Crippen LogP contribution in [0.1, 0.15) is 21.5 Å². The van der Waals surface area contributed by atoms with E-state index in [0.717, 1.165) is 23.3 Å². The first-order valence-electron chi connectivity index (χ1n) is 9.17. The number of hydrogen-bond donors (Lipinski definition) is 3. The van der Waals surface area contributed by atoms with Gasteiger partial charge in [0.1, 0.15) is 10.5 Å². The van der Waals surface area contributed by atoms with Crippen LogP contribution in [0.2, 0.25) is 0 Å². The van der Waals surface area contributed by atoms with E-state index >= 15 is 0 Å². The second-order valence-electron chi connectivity index (χ2n) is 6.81. The normalized spacial score (nSPS) is 10.9. The Labute approximate surface area is 179 Å². The fourth-order valence-corrected chi connectivity index (χ4v) is 3.59. The molecule has 0 fully saturated rings. The first-order chi connectivity index (χ1) is 14.6. The summed E-state index contributed by atoms with van der Waals surface area (Å²) in [7, 11) is -4.28. The van der Waals surface area contributed by atoms with Crippen LogP contribution < -0.4 is 14.8 Å². The van der Waals surface area contributed by atoms with Gasteiger partial charge in [-0.15, -0.1) is 0 Å². The van der Waals surface area contributed by atoms with Crippen LogP contribution in [0, 0.1) is 13.8 Å². The lowest BCUT2D eigenvalue weighted by molar-refractivity contribution is 0.0695. The molecule has 8 nitrogen and oxygen atoms in total. The summed E-state index contributed by atoms with van der Waals surface area (Å²) in [6.45, 7) is 3.72. The van der Waals surface area contributed by atoms with Gasteiger partial charge in [0.15, 0.2) is 5.75 Å². The number of carboxylic acid groups (broad SMARTS) is 1. The van der Waals surface area contributed by atoms with Crippen molar-refractivity contribution in [2.75, 3.05) is 10.6 Å². The Morgan fingerprint density at radius 2 is 1.32 bits per heavy atom. The van der Waals surface area contributed by atoms with Gasteiger partial charge in [-0.1, -0.05) is 35.4 Å². The predicted octanol–water partition coefficient (Wildman–Crippen LogP) is 4.41. The molecular formula is C22H20N2O6S. The highest BCUT2D eigenvalue weighted by Gasteiger charge is 2.22. The molecule has 9 heteroatoms. The van der Waals surface area contributed by atoms with Crippen LogP contribution in [0.5, 0.6) is 5.75 Å². The summed E-state index contributed by atoms with van der Waals surface area (Å²) >= 11 is 0. The van der Waals surface area contributed by atoms with Gasteiger partial charge >= 0.3 is 22.1 Å². The molecule has 3 aromatic rings. The van der Waals surface area contributed by atoms with Crippen molar-refractivity contribution >= 4 is 33.5 Å². The molecule has 0 unspecified atom stereocenters. The molecule has 0 aliphatic rings. The van der Waals surface area contributed by atoms with Gasteiger partial charge in [0.2, 0.25) is 0 Å². The molecule has 0 saturated heterocycles. The molecule has 0 aromatic heterocycles. The molecule has 3 rings (SSSR count). The molecule has 0 atom stereocenters. The molecule has 3 N–H and O–H groups in total. The number of benzene rings is 3. The van der Waals surface area contributed by atoms with Crippen molar-refractivity contribution in [2.45, 2.75) is 18.7 Å². The van der Waals surface area contributed by atoms with Crippen LogP contribution in [-0.2, 0) is 10.1 Å². The average molecular weight is 440 g/mol. The van der Waals surface area contributed by atoms with E-state index in [9.17, 15) is 23.1 Å². The van der Waals surface area contributed by atoms with Gasteiger partial charge in [-0.25, -0.2) is 9.59 Å². The molecule has 0 aliphatic carbocycles. The molecule has 0 saturated carbocycles. The van der Waals surface area contributed by atoms with Gasteiger partial charge in [-0.3, -0.25) is 0 Å². The lowest BCUT2D eigenvalue weighted by atomic mass is 10.2. The van der Waals surface area contributed by atoms with E-state index in [1.54, 1.807) is 31.2 Å². The molecular weight excluding hydrogens is 420 g/mol. The average Bonchev–Trinajstić information content (AvgIpc) is 2.69. The van der Waals surface area contributed by atoms with E-state index in [-0.39, 0.29) is 16.1 Å². The fraction of sp³-hybridized carbons (Fsp3) is 0.0909. The third kappa shape index (κ3) is 5.61. The van der Waals surface area contributed by atoms with Crippen molar-refractivity contribution in [3.05, 3.63) is 83.4 Å². The summed E-state index contributed by atoms with van der Waals surface area (Å²) in [4.78, 5) is 23.6. The minimum absolute atomic E-state index is 0.120. The highest BCUT2D eigenvalue weighted by molar-refractivity contribution is 7.87. The summed E-state index contributed by atoms with van der Waals surface area (Å²) in [5.74, 6) is -1.79. The highest BCUT2D eigenvalue weighted by Crippen LogP contribution is 2.27. The van der Waals surface area contributed by atoms with Crippen LogP contribution in [0.15, 0.2) is 71.6 Å². The highest BCUT2D eigenvalue weighted by atomic mass is 32.2. The largest absolute Gasteiger partial charge is 0.478 e. The molecule has 3 aromatic carbocycles. The van der Waals surface area contributed by atoms with Crippen molar-refractivity contribution in [3.8, 4) is 5.75 Å². The zero-order chi connectivity index (χ0) is 22.6. The molecule has 0 heterocycles. The monoisotopic (exact) mass is 440 g/mol. The number of anilines is 2. The molecule has 0 aliphatic heterocycles. The topological polar surface area (TPSA) is 122 Å². The van der Waals surface area contributed by atoms with Crippen LogP contribution in [0.4, 0.5) is 16.2 Å². The Kier molecular flexibility index (Phi) is 6.26. The quantitative estimate of drug-likeness (QED) is 0.488. The fourth-order valence-electron chi connectivity index (χ4n) is 2.65. The number of urea groups is 1. The number of amides is 2. The Morgan fingerprint density at radius 1 is 0.806 bits per heavy atom. The first-order valence-corrected chi connectivity index (χ1v) is 10.6. The van der Waals surface area contributed by atoms with Crippen LogP contribution in [0.25, 0.3) is 0 Å². The summed E-state index contributed by atoms with van der Waals surface area (Å²) in [6.07, 6.45) is 0. The van der Waals surface area contributed by atoms with E-state index in [0.29, 0.717) is 5.69 Å². The zero-order valence-corrected chi connectivity index (χ0v) is 17.6. The number of carboxylic acids is 1. The molecule has 0 bridgehead atoms. The van der Waals surface area contributed by atoms with E-state index in [4.69, 9.17) is 4.18 Å².